The average molecular weight is 349 g/mol. The van der Waals surface area contributed by atoms with E-state index in [0.717, 1.165) is 12.1 Å². The van der Waals surface area contributed by atoms with Gasteiger partial charge in [0.15, 0.2) is 11.6 Å². The predicted octanol–water partition coefficient (Wildman–Crippen LogP) is 3.13. The first-order valence-corrected chi connectivity index (χ1v) is 7.67. The Kier molecular flexibility index (Phi) is 5.48. The maximum absolute atomic E-state index is 13.2. The number of benzene rings is 2. The lowest BCUT2D eigenvalue weighted by molar-refractivity contribution is 0.385. The summed E-state index contributed by atoms with van der Waals surface area (Å²) in [6.07, 6.45) is 1.37. The molecule has 0 aliphatic carbocycles. The lowest BCUT2D eigenvalue weighted by atomic mass is 9.98. The van der Waals surface area contributed by atoms with E-state index in [-0.39, 0.29) is 29.7 Å². The summed E-state index contributed by atoms with van der Waals surface area (Å²) in [5.74, 6) is 3.78. The van der Waals surface area contributed by atoms with Crippen molar-refractivity contribution < 1.29 is 19.0 Å². The van der Waals surface area contributed by atoms with Crippen LogP contribution in [0.15, 0.2) is 36.5 Å². The first-order chi connectivity index (χ1) is 11.7. The van der Waals surface area contributed by atoms with Gasteiger partial charge in [-0.25, -0.2) is 14.6 Å². The van der Waals surface area contributed by atoms with Gasteiger partial charge in [-0.1, -0.05) is 19.9 Å². The van der Waals surface area contributed by atoms with Gasteiger partial charge in [0, 0.05) is 17.8 Å². The van der Waals surface area contributed by atoms with Gasteiger partial charge in [0.05, 0.1) is 12.2 Å². The number of phenolic OH excluding ortho intramolecular Hbond substituents is 2. The van der Waals surface area contributed by atoms with E-state index < -0.39 is 11.6 Å². The van der Waals surface area contributed by atoms with Crippen LogP contribution in [0.4, 0.5) is 8.78 Å². The van der Waals surface area contributed by atoms with Gasteiger partial charge < -0.3 is 21.0 Å². The van der Waals surface area contributed by atoms with Gasteiger partial charge in [0.25, 0.3) is 0 Å². The van der Waals surface area contributed by atoms with E-state index in [1.165, 1.54) is 23.3 Å². The molecule has 0 aliphatic heterocycles. The Bertz CT molecular complexity index is 807. The highest BCUT2D eigenvalue weighted by Crippen LogP contribution is 2.34. The summed E-state index contributed by atoms with van der Waals surface area (Å²) in [6.45, 7) is 3.88. The number of halogens is 2. The van der Waals surface area contributed by atoms with Crippen molar-refractivity contribution in [2.24, 2.45) is 11.6 Å². The number of nitrogens with two attached hydrogens (primary N) is 2. The molecule has 0 aromatic heterocycles. The summed E-state index contributed by atoms with van der Waals surface area (Å²) < 4.78 is 26.2. The van der Waals surface area contributed by atoms with E-state index in [9.17, 15) is 19.0 Å². The first kappa shape index (κ1) is 18.5. The van der Waals surface area contributed by atoms with Crippen LogP contribution in [0.5, 0.6) is 11.5 Å². The fourth-order valence-corrected chi connectivity index (χ4v) is 2.43. The van der Waals surface area contributed by atoms with Crippen LogP contribution in [0.2, 0.25) is 0 Å². The van der Waals surface area contributed by atoms with Gasteiger partial charge in [-0.3, -0.25) is 0 Å². The minimum atomic E-state index is -0.958. The highest BCUT2D eigenvalue weighted by atomic mass is 19.2. The summed E-state index contributed by atoms with van der Waals surface area (Å²) in [4.78, 5) is 0. The molecule has 2 rings (SSSR count). The Hall–Kier alpha value is -2.80. The maximum Gasteiger partial charge on any atom is 0.159 e. The molecule has 25 heavy (non-hydrogen) atoms. The van der Waals surface area contributed by atoms with Crippen LogP contribution in [0.3, 0.4) is 0 Å². The number of rotatable bonds is 5. The van der Waals surface area contributed by atoms with Gasteiger partial charge in [0.1, 0.15) is 11.5 Å². The summed E-state index contributed by atoms with van der Waals surface area (Å²) in [6, 6.07) is 6.30. The standard InChI is InChI=1S/C18H21F2N3O2/c1-10(2)12-6-13(18(25)7-17(12)24)16(21)9-23(22)8-11-3-4-14(19)15(20)5-11/h3-7,9-10,24-25H,8,21-22H2,1-2H3/b16-9-. The molecule has 0 amide bonds. The third-order valence-corrected chi connectivity index (χ3v) is 3.73. The van der Waals surface area contributed by atoms with Gasteiger partial charge in [-0.05, 0) is 35.2 Å². The first-order valence-electron chi connectivity index (χ1n) is 7.67. The zero-order valence-corrected chi connectivity index (χ0v) is 14.0. The largest absolute Gasteiger partial charge is 0.508 e. The van der Waals surface area contributed by atoms with Crippen LogP contribution in [-0.2, 0) is 6.54 Å². The molecule has 0 atom stereocenters. The number of nitrogens with zero attached hydrogens (tertiary/aromatic N) is 1. The highest BCUT2D eigenvalue weighted by molar-refractivity contribution is 5.70. The number of phenols is 2. The summed E-state index contributed by atoms with van der Waals surface area (Å²) in [5.41, 5.74) is 7.57. The summed E-state index contributed by atoms with van der Waals surface area (Å²) >= 11 is 0. The van der Waals surface area contributed by atoms with Gasteiger partial charge in [-0.15, -0.1) is 0 Å². The second kappa shape index (κ2) is 7.40. The minimum Gasteiger partial charge on any atom is -0.508 e. The molecule has 0 bridgehead atoms. The third-order valence-electron chi connectivity index (χ3n) is 3.73. The second-order valence-corrected chi connectivity index (χ2v) is 6.09. The van der Waals surface area contributed by atoms with Gasteiger partial charge in [-0.2, -0.15) is 0 Å². The van der Waals surface area contributed by atoms with E-state index in [1.54, 1.807) is 6.07 Å². The van der Waals surface area contributed by atoms with Crippen molar-refractivity contribution >= 4 is 5.70 Å². The second-order valence-electron chi connectivity index (χ2n) is 6.09. The molecule has 7 heteroatoms. The normalized spacial score (nSPS) is 11.8. The molecule has 5 nitrogen and oxygen atoms in total. The monoisotopic (exact) mass is 349 g/mol. The fraction of sp³-hybridized carbons (Fsp3) is 0.222. The molecule has 0 spiro atoms. The zero-order chi connectivity index (χ0) is 18.7. The van der Waals surface area contributed by atoms with Crippen molar-refractivity contribution in [1.29, 1.82) is 0 Å². The van der Waals surface area contributed by atoms with E-state index in [4.69, 9.17) is 11.6 Å². The van der Waals surface area contributed by atoms with Gasteiger partial charge >= 0.3 is 0 Å². The number of hydrogen-bond donors (Lipinski definition) is 4. The molecule has 0 fully saturated rings. The summed E-state index contributed by atoms with van der Waals surface area (Å²) in [5, 5.41) is 21.1. The van der Waals surface area contributed by atoms with Crippen molar-refractivity contribution in [3.8, 4) is 11.5 Å². The Morgan fingerprint density at radius 1 is 1.12 bits per heavy atom. The molecule has 0 heterocycles. The van der Waals surface area contributed by atoms with Crippen LogP contribution in [-0.4, -0.2) is 15.2 Å². The van der Waals surface area contributed by atoms with E-state index in [2.05, 4.69) is 0 Å². The highest BCUT2D eigenvalue weighted by Gasteiger charge is 2.14. The predicted molar refractivity (Wildman–Crippen MR) is 92.1 cm³/mol. The van der Waals surface area contributed by atoms with Crippen LogP contribution in [0.25, 0.3) is 5.70 Å². The van der Waals surface area contributed by atoms with Crippen LogP contribution in [0.1, 0.15) is 36.5 Å². The minimum absolute atomic E-state index is 0.0181. The summed E-state index contributed by atoms with van der Waals surface area (Å²) in [7, 11) is 0. The molecule has 2 aromatic rings. The van der Waals surface area contributed by atoms with Crippen LogP contribution in [0, 0.1) is 11.6 Å². The lowest BCUT2D eigenvalue weighted by Gasteiger charge is -2.17. The molecule has 134 valence electrons. The smallest absolute Gasteiger partial charge is 0.159 e. The molecular formula is C18H21F2N3O2. The number of hydrogen-bond acceptors (Lipinski definition) is 5. The quantitative estimate of drug-likeness (QED) is 0.491. The van der Waals surface area contributed by atoms with E-state index in [1.807, 2.05) is 13.8 Å². The van der Waals surface area contributed by atoms with Gasteiger partial charge in [0.2, 0.25) is 0 Å². The van der Waals surface area contributed by atoms with Crippen LogP contribution < -0.4 is 11.6 Å². The van der Waals surface area contributed by atoms with Crippen molar-refractivity contribution in [2.75, 3.05) is 0 Å². The average Bonchev–Trinajstić information content (AvgIpc) is 2.50. The maximum atomic E-state index is 13.2. The third kappa shape index (κ3) is 4.39. The SMILES string of the molecule is CC(C)c1cc(/C(N)=C/N(N)Cc2ccc(F)c(F)c2)c(O)cc1O. The number of aromatic hydroxyl groups is 2. The molecule has 6 N–H and O–H groups in total. The molecule has 0 saturated heterocycles. The van der Waals surface area contributed by atoms with Crippen molar-refractivity contribution in [3.05, 3.63) is 64.9 Å². The van der Waals surface area contributed by atoms with Crippen molar-refractivity contribution in [3.63, 3.8) is 0 Å². The molecule has 0 radical (unpaired) electrons. The van der Waals surface area contributed by atoms with E-state index >= 15 is 0 Å². The van der Waals surface area contributed by atoms with E-state index in [0.29, 0.717) is 16.7 Å². The van der Waals surface area contributed by atoms with Crippen LogP contribution >= 0.6 is 0 Å². The molecular weight excluding hydrogens is 328 g/mol. The topological polar surface area (TPSA) is 95.7 Å². The Labute approximate surface area is 144 Å². The Balaban J connectivity index is 2.25. The molecule has 0 unspecified atom stereocenters. The molecule has 0 saturated carbocycles. The molecule has 0 aliphatic rings. The number of hydrazine groups is 1. The lowest BCUT2D eigenvalue weighted by Crippen LogP contribution is -2.25. The zero-order valence-electron chi connectivity index (χ0n) is 14.0. The van der Waals surface area contributed by atoms with Crippen molar-refractivity contribution in [1.82, 2.24) is 5.01 Å². The Morgan fingerprint density at radius 3 is 2.40 bits per heavy atom. The fourth-order valence-electron chi connectivity index (χ4n) is 2.43. The molecule has 2 aromatic carbocycles. The van der Waals surface area contributed by atoms with Crippen molar-refractivity contribution in [2.45, 2.75) is 26.3 Å². The Morgan fingerprint density at radius 2 is 1.80 bits per heavy atom.